The van der Waals surface area contributed by atoms with Crippen LogP contribution in [-0.2, 0) is 28.7 Å². The lowest BCUT2D eigenvalue weighted by molar-refractivity contribution is -0.162. The van der Waals surface area contributed by atoms with Crippen molar-refractivity contribution in [2.75, 3.05) is 24.6 Å². The van der Waals surface area contributed by atoms with Crippen LogP contribution < -0.4 is 10.2 Å². The Hall–Kier alpha value is -3.99. The summed E-state index contributed by atoms with van der Waals surface area (Å²) in [6.07, 6.45) is 6.33. The Balaban J connectivity index is 1.48. The lowest BCUT2D eigenvalue weighted by Crippen LogP contribution is -2.56. The van der Waals surface area contributed by atoms with E-state index < -0.39 is 47.7 Å². The summed E-state index contributed by atoms with van der Waals surface area (Å²) in [6, 6.07) is 13.0. The number of hydrogen-bond acceptors (Lipinski definition) is 7. The molecule has 2 N–H and O–H groups in total. The monoisotopic (exact) mass is 719 g/mol. The number of benzene rings is 2. The van der Waals surface area contributed by atoms with Gasteiger partial charge in [-0.2, -0.15) is 0 Å². The van der Waals surface area contributed by atoms with E-state index in [1.165, 1.54) is 0 Å². The van der Waals surface area contributed by atoms with E-state index in [-0.39, 0.29) is 37.3 Å². The second kappa shape index (κ2) is 17.0. The number of amides is 3. The van der Waals surface area contributed by atoms with Crippen molar-refractivity contribution in [3.05, 3.63) is 90.0 Å². The van der Waals surface area contributed by atoms with E-state index in [9.17, 15) is 24.3 Å². The summed E-state index contributed by atoms with van der Waals surface area (Å²) in [5, 5.41) is 12.6. The number of halogens is 1. The van der Waals surface area contributed by atoms with Crippen LogP contribution in [0.15, 0.2) is 73.8 Å². The minimum absolute atomic E-state index is 0.0861. The molecule has 0 saturated carbocycles. The second-order valence-corrected chi connectivity index (χ2v) is 14.2. The number of aliphatic hydroxyl groups is 1. The summed E-state index contributed by atoms with van der Waals surface area (Å²) in [5.74, 6) is -3.31. The molecule has 2 bridgehead atoms. The topological polar surface area (TPSA) is 125 Å². The van der Waals surface area contributed by atoms with Gasteiger partial charge >= 0.3 is 5.97 Å². The van der Waals surface area contributed by atoms with E-state index in [0.717, 1.165) is 18.4 Å². The third-order valence-corrected chi connectivity index (χ3v) is 10.7. The van der Waals surface area contributed by atoms with Crippen molar-refractivity contribution in [2.45, 2.75) is 95.1 Å². The Bertz CT molecular complexity index is 1580. The molecule has 274 valence electrons. The van der Waals surface area contributed by atoms with Crippen molar-refractivity contribution in [1.82, 2.24) is 10.2 Å². The zero-order chi connectivity index (χ0) is 36.7. The number of rotatable bonds is 18. The number of esters is 1. The molecule has 0 aliphatic carbocycles. The number of ether oxygens (including phenoxy) is 2. The number of likely N-dealkylation sites (tertiary alicyclic amines) is 1. The molecule has 51 heavy (non-hydrogen) atoms. The fraction of sp³-hybridized carbons (Fsp3) is 0.500. The first-order chi connectivity index (χ1) is 24.6. The molecular formula is C40H50ClN3O7. The molecule has 3 saturated heterocycles. The van der Waals surface area contributed by atoms with Gasteiger partial charge in [-0.15, -0.1) is 13.2 Å². The van der Waals surface area contributed by atoms with Crippen LogP contribution >= 0.6 is 11.6 Å². The molecule has 2 aromatic rings. The van der Waals surface area contributed by atoms with E-state index in [2.05, 4.69) is 18.5 Å². The third-order valence-electron chi connectivity index (χ3n) is 10.4. The van der Waals surface area contributed by atoms with Gasteiger partial charge in [0.05, 0.1) is 34.7 Å². The maximum absolute atomic E-state index is 14.9. The molecule has 0 unspecified atom stereocenters. The summed E-state index contributed by atoms with van der Waals surface area (Å²) in [6.45, 7) is 11.8. The highest BCUT2D eigenvalue weighted by Gasteiger charge is 2.75. The molecule has 3 aliphatic heterocycles. The van der Waals surface area contributed by atoms with Gasteiger partial charge in [0.15, 0.2) is 0 Å². The normalized spacial score (nSPS) is 24.5. The standard InChI is InChI=1S/C40H50ClN3O7/c1-5-7-20-31(46)42-27(4)35(28-17-11-10-12-18-28)50-39(49)32-30-21-22-40(51-30)33(32)37(47)44(24-13-8-9-14-25-45)36(40)38(48)43(23-6-2)34-26(3)16-15-19-29(34)41/h5-6,10-12,15-19,27,30,32-33,35-36,45H,1-2,7-9,13-14,20-25H2,3-4H3,(H,42,46)/t27-,30+,32-,33-,35-,36+,40-/m0/s1. The number of aliphatic hydroxyl groups excluding tert-OH is 1. The fourth-order valence-electron chi connectivity index (χ4n) is 8.16. The zero-order valence-corrected chi connectivity index (χ0v) is 30.4. The van der Waals surface area contributed by atoms with Crippen molar-refractivity contribution < 1.29 is 33.8 Å². The van der Waals surface area contributed by atoms with Crippen molar-refractivity contribution >= 4 is 41.0 Å². The van der Waals surface area contributed by atoms with Crippen LogP contribution in [0.25, 0.3) is 0 Å². The van der Waals surface area contributed by atoms with Gasteiger partial charge in [0, 0.05) is 26.1 Å². The summed E-state index contributed by atoms with van der Waals surface area (Å²) in [5.41, 5.74) is 0.793. The highest BCUT2D eigenvalue weighted by atomic mass is 35.5. The van der Waals surface area contributed by atoms with Gasteiger partial charge in [0.25, 0.3) is 5.91 Å². The highest BCUT2D eigenvalue weighted by Crippen LogP contribution is 2.59. The predicted molar refractivity (Wildman–Crippen MR) is 196 cm³/mol. The highest BCUT2D eigenvalue weighted by molar-refractivity contribution is 6.34. The average Bonchev–Trinajstić information content (AvgIpc) is 3.76. The number of allylic oxidation sites excluding steroid dienone is 1. The van der Waals surface area contributed by atoms with Gasteiger partial charge in [-0.1, -0.05) is 79.1 Å². The number of nitrogens with zero attached hydrogens (tertiary/aromatic N) is 2. The molecule has 7 atom stereocenters. The maximum atomic E-state index is 14.9. The Morgan fingerprint density at radius 1 is 1.12 bits per heavy atom. The lowest BCUT2D eigenvalue weighted by atomic mass is 9.70. The molecule has 3 heterocycles. The van der Waals surface area contributed by atoms with Gasteiger partial charge in [0.1, 0.15) is 17.7 Å². The van der Waals surface area contributed by atoms with Crippen molar-refractivity contribution in [1.29, 1.82) is 0 Å². The van der Waals surface area contributed by atoms with Gasteiger partial charge in [-0.3, -0.25) is 19.2 Å². The Morgan fingerprint density at radius 3 is 2.55 bits per heavy atom. The number of para-hydroxylation sites is 1. The number of carbonyl (C=O) groups is 4. The van der Waals surface area contributed by atoms with Crippen molar-refractivity contribution in [2.24, 2.45) is 11.8 Å². The van der Waals surface area contributed by atoms with Gasteiger partial charge < -0.3 is 29.7 Å². The molecule has 0 radical (unpaired) electrons. The van der Waals surface area contributed by atoms with Crippen LogP contribution in [0.2, 0.25) is 5.02 Å². The Kier molecular flexibility index (Phi) is 12.8. The minimum Gasteiger partial charge on any atom is -0.455 e. The SMILES string of the molecule is C=CCCC(=O)N[C@@H](C)[C@H](OC(=O)[C@@H]1[C@H]2C(=O)N(CCCCCCO)[C@H](C(=O)N(CC=C)c3c(C)cccc3Cl)[C@]23CC[C@H]1O3)c1ccccc1. The maximum Gasteiger partial charge on any atom is 0.313 e. The van der Waals surface area contributed by atoms with Crippen LogP contribution in [0.5, 0.6) is 0 Å². The molecule has 3 fully saturated rings. The molecular weight excluding hydrogens is 670 g/mol. The van der Waals surface area contributed by atoms with E-state index >= 15 is 0 Å². The summed E-state index contributed by atoms with van der Waals surface area (Å²) in [7, 11) is 0. The molecule has 10 nitrogen and oxygen atoms in total. The molecule has 11 heteroatoms. The number of carbonyl (C=O) groups excluding carboxylic acids is 4. The van der Waals surface area contributed by atoms with E-state index in [1.807, 2.05) is 49.4 Å². The average molecular weight is 720 g/mol. The Labute approximate surface area is 305 Å². The van der Waals surface area contributed by atoms with Crippen molar-refractivity contribution in [3.63, 3.8) is 0 Å². The number of anilines is 1. The molecule has 1 spiro atoms. The first-order valence-corrected chi connectivity index (χ1v) is 18.4. The molecule has 3 aliphatic rings. The number of unbranched alkanes of at least 4 members (excludes halogenated alkanes) is 3. The van der Waals surface area contributed by atoms with Crippen LogP contribution in [0.3, 0.4) is 0 Å². The Morgan fingerprint density at radius 2 is 1.86 bits per heavy atom. The zero-order valence-electron chi connectivity index (χ0n) is 29.6. The van der Waals surface area contributed by atoms with E-state index in [1.54, 1.807) is 34.9 Å². The second-order valence-electron chi connectivity index (χ2n) is 13.8. The van der Waals surface area contributed by atoms with Crippen LogP contribution in [0.1, 0.15) is 75.5 Å². The van der Waals surface area contributed by atoms with Crippen LogP contribution in [-0.4, -0.2) is 77.2 Å². The number of nitrogens with one attached hydrogen (secondary N) is 1. The van der Waals surface area contributed by atoms with Gasteiger partial charge in [-0.05, 0) is 63.1 Å². The van der Waals surface area contributed by atoms with E-state index in [0.29, 0.717) is 54.9 Å². The van der Waals surface area contributed by atoms with Crippen LogP contribution in [0.4, 0.5) is 5.69 Å². The number of aryl methyl sites for hydroxylation is 1. The quantitative estimate of drug-likeness (QED) is 0.113. The number of hydrogen-bond donors (Lipinski definition) is 2. The van der Waals surface area contributed by atoms with Crippen molar-refractivity contribution in [3.8, 4) is 0 Å². The fourth-order valence-corrected chi connectivity index (χ4v) is 8.49. The smallest absolute Gasteiger partial charge is 0.313 e. The van der Waals surface area contributed by atoms with Crippen LogP contribution in [0, 0.1) is 18.8 Å². The molecule has 3 amide bonds. The third kappa shape index (κ3) is 7.78. The summed E-state index contributed by atoms with van der Waals surface area (Å²) < 4.78 is 13.0. The molecule has 0 aromatic heterocycles. The molecule has 2 aromatic carbocycles. The van der Waals surface area contributed by atoms with Gasteiger partial charge in [0.2, 0.25) is 11.8 Å². The first kappa shape index (κ1) is 38.2. The summed E-state index contributed by atoms with van der Waals surface area (Å²) in [4.78, 5) is 59.8. The van der Waals surface area contributed by atoms with E-state index in [4.69, 9.17) is 21.1 Å². The summed E-state index contributed by atoms with van der Waals surface area (Å²) >= 11 is 6.69. The van der Waals surface area contributed by atoms with Gasteiger partial charge in [-0.25, -0.2) is 0 Å². The molecule has 5 rings (SSSR count). The first-order valence-electron chi connectivity index (χ1n) is 18.0. The number of fused-ring (bicyclic) bond motifs is 1. The minimum atomic E-state index is -1.24. The lowest BCUT2D eigenvalue weighted by Gasteiger charge is -2.37. The predicted octanol–water partition coefficient (Wildman–Crippen LogP) is 5.85. The largest absolute Gasteiger partial charge is 0.455 e.